The molecule has 0 aliphatic heterocycles. The largest absolute Gasteiger partial charge is 0.471 e. The predicted molar refractivity (Wildman–Crippen MR) is 56.0 cm³/mol. The number of benzene rings is 1. The minimum absolute atomic E-state index is 0.0991. The van der Waals surface area contributed by atoms with Crippen molar-refractivity contribution >= 4 is 5.91 Å². The molecule has 0 unspecified atom stereocenters. The number of carbonyl (C=O) groups excluding carboxylic acids is 1. The fourth-order valence-corrected chi connectivity index (χ4v) is 1.73. The van der Waals surface area contributed by atoms with Crippen molar-refractivity contribution in [2.45, 2.75) is 31.6 Å². The Hall–Kier alpha value is -1.59. The number of nitrogens with zero attached hydrogens (tertiary/aromatic N) is 1. The van der Waals surface area contributed by atoms with Crippen molar-refractivity contribution in [3.05, 3.63) is 35.6 Å². The standard InChI is InChI=1S/C12H11F4NO/c13-10-4-2-1-3-8(10)7-17(9-5-6-9)11(18)12(14,15)16/h1-4,9H,5-7H2. The summed E-state index contributed by atoms with van der Waals surface area (Å²) in [6, 6.07) is 5.11. The summed E-state index contributed by atoms with van der Waals surface area (Å²) in [5.41, 5.74) is 0.0991. The smallest absolute Gasteiger partial charge is 0.327 e. The Balaban J connectivity index is 2.17. The number of hydrogen-bond donors (Lipinski definition) is 0. The van der Waals surface area contributed by atoms with E-state index in [1.165, 1.54) is 24.3 Å². The van der Waals surface area contributed by atoms with Crippen LogP contribution in [-0.4, -0.2) is 23.0 Å². The molecular formula is C12H11F4NO. The van der Waals surface area contributed by atoms with Crippen LogP contribution in [0.3, 0.4) is 0 Å². The Bertz CT molecular complexity index is 454. The summed E-state index contributed by atoms with van der Waals surface area (Å²) in [5, 5.41) is 0. The average Bonchev–Trinajstić information content (AvgIpc) is 3.10. The Morgan fingerprint density at radius 1 is 1.28 bits per heavy atom. The molecule has 6 heteroatoms. The van der Waals surface area contributed by atoms with Crippen LogP contribution in [0.4, 0.5) is 17.6 Å². The van der Waals surface area contributed by atoms with Gasteiger partial charge in [0.05, 0.1) is 0 Å². The second kappa shape index (κ2) is 4.59. The van der Waals surface area contributed by atoms with Crippen molar-refractivity contribution in [3.63, 3.8) is 0 Å². The van der Waals surface area contributed by atoms with E-state index in [0.29, 0.717) is 17.7 Å². The van der Waals surface area contributed by atoms with Crippen molar-refractivity contribution in [1.29, 1.82) is 0 Å². The number of carbonyl (C=O) groups is 1. The highest BCUT2D eigenvalue weighted by atomic mass is 19.4. The topological polar surface area (TPSA) is 20.3 Å². The van der Waals surface area contributed by atoms with Crippen LogP contribution in [-0.2, 0) is 11.3 Å². The molecule has 2 nitrogen and oxygen atoms in total. The van der Waals surface area contributed by atoms with Crippen LogP contribution in [0.1, 0.15) is 18.4 Å². The van der Waals surface area contributed by atoms with Gasteiger partial charge in [0, 0.05) is 18.2 Å². The first-order valence-electron chi connectivity index (χ1n) is 5.51. The maximum absolute atomic E-state index is 13.4. The second-order valence-electron chi connectivity index (χ2n) is 4.25. The molecule has 98 valence electrons. The number of hydrogen-bond acceptors (Lipinski definition) is 1. The molecule has 0 radical (unpaired) electrons. The number of halogens is 4. The van der Waals surface area contributed by atoms with Crippen LogP contribution in [0.15, 0.2) is 24.3 Å². The van der Waals surface area contributed by atoms with E-state index in [0.717, 1.165) is 0 Å². The van der Waals surface area contributed by atoms with E-state index in [1.807, 2.05) is 0 Å². The van der Waals surface area contributed by atoms with E-state index >= 15 is 0 Å². The van der Waals surface area contributed by atoms with E-state index in [4.69, 9.17) is 0 Å². The molecule has 0 bridgehead atoms. The molecular weight excluding hydrogens is 250 g/mol. The lowest BCUT2D eigenvalue weighted by molar-refractivity contribution is -0.186. The molecule has 0 spiro atoms. The molecule has 1 fully saturated rings. The van der Waals surface area contributed by atoms with Crippen LogP contribution < -0.4 is 0 Å². The summed E-state index contributed by atoms with van der Waals surface area (Å²) in [5.74, 6) is -2.49. The monoisotopic (exact) mass is 261 g/mol. The zero-order valence-corrected chi connectivity index (χ0v) is 9.38. The highest BCUT2D eigenvalue weighted by Gasteiger charge is 2.47. The maximum Gasteiger partial charge on any atom is 0.471 e. The first kappa shape index (κ1) is 12.9. The van der Waals surface area contributed by atoms with Gasteiger partial charge in [-0.25, -0.2) is 4.39 Å². The van der Waals surface area contributed by atoms with E-state index in [2.05, 4.69) is 0 Å². The minimum atomic E-state index is -4.91. The van der Waals surface area contributed by atoms with E-state index in [-0.39, 0.29) is 12.1 Å². The molecule has 18 heavy (non-hydrogen) atoms. The van der Waals surface area contributed by atoms with E-state index in [9.17, 15) is 22.4 Å². The zero-order valence-electron chi connectivity index (χ0n) is 9.38. The van der Waals surface area contributed by atoms with Crippen molar-refractivity contribution in [3.8, 4) is 0 Å². The zero-order chi connectivity index (χ0) is 13.3. The predicted octanol–water partition coefficient (Wildman–Crippen LogP) is 2.88. The van der Waals surface area contributed by atoms with Crippen LogP contribution >= 0.6 is 0 Å². The number of amides is 1. The van der Waals surface area contributed by atoms with Gasteiger partial charge in [0.2, 0.25) is 0 Å². The van der Waals surface area contributed by atoms with E-state index < -0.39 is 23.9 Å². The summed E-state index contributed by atoms with van der Waals surface area (Å²) in [4.78, 5) is 11.9. The molecule has 1 amide bonds. The van der Waals surface area contributed by atoms with Gasteiger partial charge in [-0.2, -0.15) is 13.2 Å². The number of rotatable bonds is 3. The highest BCUT2D eigenvalue weighted by Crippen LogP contribution is 2.32. The Labute approximate surface area is 101 Å². The molecule has 1 aromatic carbocycles. The molecule has 0 saturated heterocycles. The third kappa shape index (κ3) is 2.80. The molecule has 2 rings (SSSR count). The van der Waals surface area contributed by atoms with Crippen molar-refractivity contribution in [2.75, 3.05) is 0 Å². The Morgan fingerprint density at radius 2 is 1.89 bits per heavy atom. The van der Waals surface area contributed by atoms with Crippen LogP contribution in [0.25, 0.3) is 0 Å². The summed E-state index contributed by atoms with van der Waals surface area (Å²) in [6.45, 7) is -0.338. The van der Waals surface area contributed by atoms with Crippen molar-refractivity contribution in [1.82, 2.24) is 4.90 Å². The molecule has 0 heterocycles. The lowest BCUT2D eigenvalue weighted by Crippen LogP contribution is -2.42. The molecule has 0 N–H and O–H groups in total. The lowest BCUT2D eigenvalue weighted by atomic mass is 10.2. The first-order valence-corrected chi connectivity index (χ1v) is 5.51. The molecule has 0 aromatic heterocycles. The summed E-state index contributed by atoms with van der Waals surface area (Å²) < 4.78 is 50.6. The lowest BCUT2D eigenvalue weighted by Gasteiger charge is -2.23. The van der Waals surface area contributed by atoms with Crippen molar-refractivity contribution in [2.24, 2.45) is 0 Å². The number of alkyl halides is 3. The van der Waals surface area contributed by atoms with Gasteiger partial charge in [0.15, 0.2) is 0 Å². The van der Waals surface area contributed by atoms with Crippen LogP contribution in [0, 0.1) is 5.82 Å². The van der Waals surface area contributed by atoms with Gasteiger partial charge in [0.25, 0.3) is 0 Å². The molecule has 1 aliphatic rings. The Kier molecular flexibility index (Phi) is 3.28. The van der Waals surface area contributed by atoms with Crippen molar-refractivity contribution < 1.29 is 22.4 Å². The molecule has 1 saturated carbocycles. The quantitative estimate of drug-likeness (QED) is 0.766. The maximum atomic E-state index is 13.4. The summed E-state index contributed by atoms with van der Waals surface area (Å²) in [7, 11) is 0. The summed E-state index contributed by atoms with van der Waals surface area (Å²) in [6.07, 6.45) is -3.83. The van der Waals surface area contributed by atoms with Gasteiger partial charge in [-0.1, -0.05) is 18.2 Å². The van der Waals surface area contributed by atoms with Gasteiger partial charge >= 0.3 is 12.1 Å². The van der Waals surface area contributed by atoms with E-state index in [1.54, 1.807) is 0 Å². The third-order valence-corrected chi connectivity index (χ3v) is 2.79. The van der Waals surface area contributed by atoms with Crippen LogP contribution in [0.2, 0.25) is 0 Å². The molecule has 0 atom stereocenters. The molecule has 1 aliphatic carbocycles. The van der Waals surface area contributed by atoms with Gasteiger partial charge in [-0.05, 0) is 18.9 Å². The van der Waals surface area contributed by atoms with Gasteiger partial charge in [0.1, 0.15) is 5.82 Å². The third-order valence-electron chi connectivity index (χ3n) is 2.79. The average molecular weight is 261 g/mol. The first-order chi connectivity index (χ1) is 8.39. The van der Waals surface area contributed by atoms with Gasteiger partial charge in [-0.15, -0.1) is 0 Å². The van der Waals surface area contributed by atoms with Crippen LogP contribution in [0.5, 0.6) is 0 Å². The SMILES string of the molecule is O=C(N(Cc1ccccc1F)C1CC1)C(F)(F)F. The summed E-state index contributed by atoms with van der Waals surface area (Å²) >= 11 is 0. The fourth-order valence-electron chi connectivity index (χ4n) is 1.73. The molecule has 1 aromatic rings. The highest BCUT2D eigenvalue weighted by molar-refractivity contribution is 5.82. The normalized spacial score (nSPS) is 15.6. The van der Waals surface area contributed by atoms with Gasteiger partial charge in [-0.3, -0.25) is 4.79 Å². The van der Waals surface area contributed by atoms with Gasteiger partial charge < -0.3 is 4.90 Å². The second-order valence-corrected chi connectivity index (χ2v) is 4.25. The Morgan fingerprint density at radius 3 is 2.39 bits per heavy atom. The minimum Gasteiger partial charge on any atom is -0.327 e. The fraction of sp³-hybridized carbons (Fsp3) is 0.417.